The van der Waals surface area contributed by atoms with Gasteiger partial charge in [0.25, 0.3) is 5.91 Å². The number of carboxylic acids is 1. The normalized spacial score (nSPS) is 24.8. The van der Waals surface area contributed by atoms with E-state index in [1.54, 1.807) is 11.8 Å². The van der Waals surface area contributed by atoms with Crippen molar-refractivity contribution in [1.82, 2.24) is 10.2 Å². The number of carbonyl (C=O) groups excluding carboxylic acids is 1. The third kappa shape index (κ3) is 2.08. The molecule has 2 aliphatic rings. The Morgan fingerprint density at radius 2 is 2.05 bits per heavy atom. The van der Waals surface area contributed by atoms with Gasteiger partial charge in [0.1, 0.15) is 0 Å². The molecule has 1 amide bonds. The Bertz CT molecular complexity index is 584. The molecule has 2 heterocycles. The maximum absolute atomic E-state index is 12.5. The molecule has 1 aromatic rings. The van der Waals surface area contributed by atoms with E-state index < -0.39 is 11.4 Å². The van der Waals surface area contributed by atoms with E-state index in [9.17, 15) is 14.7 Å². The summed E-state index contributed by atoms with van der Waals surface area (Å²) < 4.78 is 0. The molecule has 0 radical (unpaired) electrons. The molecule has 106 valence electrons. The van der Waals surface area contributed by atoms with Gasteiger partial charge in [-0.25, -0.2) is 0 Å². The molecule has 0 aromatic heterocycles. The topological polar surface area (TPSA) is 69.6 Å². The lowest BCUT2D eigenvalue weighted by Gasteiger charge is -2.20. The fourth-order valence-corrected chi connectivity index (χ4v) is 2.92. The molecule has 20 heavy (non-hydrogen) atoms. The number of carbonyl (C=O) groups is 2. The van der Waals surface area contributed by atoms with E-state index >= 15 is 0 Å². The summed E-state index contributed by atoms with van der Waals surface area (Å²) >= 11 is 0. The lowest BCUT2D eigenvalue weighted by Crippen LogP contribution is -2.34. The molecule has 0 bridgehead atoms. The van der Waals surface area contributed by atoms with Gasteiger partial charge in [0.05, 0.1) is 5.41 Å². The van der Waals surface area contributed by atoms with Crippen LogP contribution in [0.3, 0.4) is 0 Å². The number of nitrogens with zero attached hydrogens (tertiary/aromatic N) is 1. The zero-order valence-corrected chi connectivity index (χ0v) is 11.5. The second kappa shape index (κ2) is 4.59. The second-order valence-electron chi connectivity index (χ2n) is 5.93. The standard InChI is InChI=1S/C15H18N2O3/c1-15(14(19)20)4-5-17(9-15)13(18)10-2-3-11-7-16-8-12(11)6-10/h2-3,6,16H,4-5,7-9H2,1H3,(H,19,20). The Morgan fingerprint density at radius 1 is 1.30 bits per heavy atom. The number of hydrogen-bond donors (Lipinski definition) is 2. The van der Waals surface area contributed by atoms with Crippen molar-refractivity contribution in [2.45, 2.75) is 26.4 Å². The van der Waals surface area contributed by atoms with Gasteiger partial charge in [-0.15, -0.1) is 0 Å². The molecule has 5 heteroatoms. The fourth-order valence-electron chi connectivity index (χ4n) is 2.92. The molecule has 5 nitrogen and oxygen atoms in total. The zero-order valence-electron chi connectivity index (χ0n) is 11.5. The molecule has 0 spiro atoms. The van der Waals surface area contributed by atoms with Gasteiger partial charge in [0.15, 0.2) is 0 Å². The van der Waals surface area contributed by atoms with Crippen molar-refractivity contribution in [1.29, 1.82) is 0 Å². The van der Waals surface area contributed by atoms with Crippen LogP contribution in [0.15, 0.2) is 18.2 Å². The van der Waals surface area contributed by atoms with Gasteiger partial charge in [-0.05, 0) is 36.6 Å². The number of benzene rings is 1. The number of nitrogens with one attached hydrogen (secondary N) is 1. The summed E-state index contributed by atoms with van der Waals surface area (Å²) in [4.78, 5) is 25.4. The van der Waals surface area contributed by atoms with Crippen LogP contribution >= 0.6 is 0 Å². The van der Waals surface area contributed by atoms with E-state index in [2.05, 4.69) is 5.32 Å². The highest BCUT2D eigenvalue weighted by Crippen LogP contribution is 2.31. The highest BCUT2D eigenvalue weighted by molar-refractivity contribution is 5.95. The van der Waals surface area contributed by atoms with Crippen LogP contribution in [0.5, 0.6) is 0 Å². The minimum atomic E-state index is -0.828. The lowest BCUT2D eigenvalue weighted by molar-refractivity contribution is -0.147. The highest BCUT2D eigenvalue weighted by atomic mass is 16.4. The summed E-state index contributed by atoms with van der Waals surface area (Å²) in [6.07, 6.45) is 0.514. The van der Waals surface area contributed by atoms with Crippen molar-refractivity contribution in [3.05, 3.63) is 34.9 Å². The van der Waals surface area contributed by atoms with E-state index in [4.69, 9.17) is 0 Å². The SMILES string of the molecule is CC1(C(=O)O)CCN(C(=O)c2ccc3c(c2)CNC3)C1. The summed E-state index contributed by atoms with van der Waals surface area (Å²) in [6, 6.07) is 5.74. The lowest BCUT2D eigenvalue weighted by atomic mass is 9.90. The number of rotatable bonds is 2. The Balaban J connectivity index is 1.79. The molecule has 3 rings (SSSR count). The first-order valence-corrected chi connectivity index (χ1v) is 6.85. The molecule has 1 saturated heterocycles. The monoisotopic (exact) mass is 274 g/mol. The third-order valence-electron chi connectivity index (χ3n) is 4.36. The van der Waals surface area contributed by atoms with Crippen molar-refractivity contribution < 1.29 is 14.7 Å². The molecule has 1 aromatic carbocycles. The molecule has 1 atom stereocenters. The van der Waals surface area contributed by atoms with Crippen molar-refractivity contribution in [3.8, 4) is 0 Å². The number of fused-ring (bicyclic) bond motifs is 1. The van der Waals surface area contributed by atoms with Gasteiger partial charge < -0.3 is 15.3 Å². The quantitative estimate of drug-likeness (QED) is 0.851. The summed E-state index contributed by atoms with van der Waals surface area (Å²) in [5, 5.41) is 12.5. The first-order valence-electron chi connectivity index (χ1n) is 6.85. The van der Waals surface area contributed by atoms with Crippen molar-refractivity contribution in [2.24, 2.45) is 5.41 Å². The number of carboxylic acid groups (broad SMARTS) is 1. The summed E-state index contributed by atoms with van der Waals surface area (Å²) in [6.45, 7) is 4.15. The van der Waals surface area contributed by atoms with E-state index in [1.165, 1.54) is 5.56 Å². The van der Waals surface area contributed by atoms with Crippen LogP contribution in [-0.4, -0.2) is 35.0 Å². The minimum absolute atomic E-state index is 0.0651. The van der Waals surface area contributed by atoms with Crippen LogP contribution in [0.1, 0.15) is 34.8 Å². The summed E-state index contributed by atoms with van der Waals surface area (Å²) in [5.41, 5.74) is 2.24. The highest BCUT2D eigenvalue weighted by Gasteiger charge is 2.42. The average Bonchev–Trinajstić information content (AvgIpc) is 3.04. The first-order chi connectivity index (χ1) is 9.49. The van der Waals surface area contributed by atoms with Gasteiger partial charge in [0.2, 0.25) is 0 Å². The fraction of sp³-hybridized carbons (Fsp3) is 0.467. The largest absolute Gasteiger partial charge is 0.481 e. The predicted octanol–water partition coefficient (Wildman–Crippen LogP) is 1.23. The Labute approximate surface area is 117 Å². The molecule has 1 unspecified atom stereocenters. The van der Waals surface area contributed by atoms with Crippen LogP contribution in [0, 0.1) is 5.41 Å². The first kappa shape index (κ1) is 13.1. The Kier molecular flexibility index (Phi) is 3.01. The van der Waals surface area contributed by atoms with Crippen molar-refractivity contribution in [2.75, 3.05) is 13.1 Å². The van der Waals surface area contributed by atoms with E-state index in [0.717, 1.165) is 18.7 Å². The molecule has 2 N–H and O–H groups in total. The van der Waals surface area contributed by atoms with Gasteiger partial charge in [-0.1, -0.05) is 6.07 Å². The molecular weight excluding hydrogens is 256 g/mol. The third-order valence-corrected chi connectivity index (χ3v) is 4.36. The molecular formula is C15H18N2O3. The zero-order chi connectivity index (χ0) is 14.3. The average molecular weight is 274 g/mol. The number of aliphatic carboxylic acids is 1. The van der Waals surface area contributed by atoms with Crippen LogP contribution in [0.25, 0.3) is 0 Å². The van der Waals surface area contributed by atoms with Crippen LogP contribution in [0.2, 0.25) is 0 Å². The van der Waals surface area contributed by atoms with Gasteiger partial charge in [0, 0.05) is 31.7 Å². The van der Waals surface area contributed by atoms with Crippen molar-refractivity contribution >= 4 is 11.9 Å². The molecule has 1 fully saturated rings. The van der Waals surface area contributed by atoms with Crippen LogP contribution in [-0.2, 0) is 17.9 Å². The maximum Gasteiger partial charge on any atom is 0.311 e. The summed E-state index contributed by atoms with van der Waals surface area (Å²) in [5.74, 6) is -0.893. The summed E-state index contributed by atoms with van der Waals surface area (Å²) in [7, 11) is 0. The van der Waals surface area contributed by atoms with E-state index in [0.29, 0.717) is 18.5 Å². The Hall–Kier alpha value is -1.88. The van der Waals surface area contributed by atoms with Crippen LogP contribution < -0.4 is 5.32 Å². The van der Waals surface area contributed by atoms with Gasteiger partial charge in [-0.2, -0.15) is 0 Å². The predicted molar refractivity (Wildman–Crippen MR) is 73.2 cm³/mol. The molecule has 0 saturated carbocycles. The van der Waals surface area contributed by atoms with Crippen LogP contribution in [0.4, 0.5) is 0 Å². The number of likely N-dealkylation sites (tertiary alicyclic amines) is 1. The second-order valence-corrected chi connectivity index (χ2v) is 5.93. The van der Waals surface area contributed by atoms with Gasteiger partial charge in [-0.3, -0.25) is 9.59 Å². The Morgan fingerprint density at radius 3 is 2.75 bits per heavy atom. The van der Waals surface area contributed by atoms with E-state index in [-0.39, 0.29) is 12.5 Å². The molecule has 2 aliphatic heterocycles. The van der Waals surface area contributed by atoms with Crippen molar-refractivity contribution in [3.63, 3.8) is 0 Å². The minimum Gasteiger partial charge on any atom is -0.481 e. The maximum atomic E-state index is 12.5. The molecule has 0 aliphatic carbocycles. The van der Waals surface area contributed by atoms with E-state index in [1.807, 2.05) is 18.2 Å². The number of hydrogen-bond acceptors (Lipinski definition) is 3. The number of amides is 1. The van der Waals surface area contributed by atoms with Gasteiger partial charge >= 0.3 is 5.97 Å². The smallest absolute Gasteiger partial charge is 0.311 e.